The molecular formula is C24H36N4O2. The van der Waals surface area contributed by atoms with Crippen molar-refractivity contribution in [2.45, 2.75) is 59.2 Å². The summed E-state index contributed by atoms with van der Waals surface area (Å²) in [6, 6.07) is 10.6. The number of aromatic nitrogens is 2. The molecule has 2 heterocycles. The second-order valence-corrected chi connectivity index (χ2v) is 8.43. The van der Waals surface area contributed by atoms with E-state index in [1.165, 1.54) is 5.56 Å². The van der Waals surface area contributed by atoms with Crippen molar-refractivity contribution in [1.29, 1.82) is 0 Å². The third-order valence-corrected chi connectivity index (χ3v) is 6.42. The Hall–Kier alpha value is -2.18. The van der Waals surface area contributed by atoms with Gasteiger partial charge in [0.15, 0.2) is 0 Å². The van der Waals surface area contributed by atoms with Crippen molar-refractivity contribution in [3.05, 3.63) is 52.8 Å². The fourth-order valence-corrected chi connectivity index (χ4v) is 4.37. The van der Waals surface area contributed by atoms with E-state index in [9.17, 15) is 4.79 Å². The van der Waals surface area contributed by atoms with Gasteiger partial charge in [0.05, 0.1) is 24.9 Å². The molecule has 1 aliphatic rings. The quantitative estimate of drug-likeness (QED) is 0.688. The number of benzene rings is 1. The normalized spacial score (nSPS) is 16.5. The Balaban J connectivity index is 1.47. The van der Waals surface area contributed by atoms with Gasteiger partial charge in [-0.15, -0.1) is 0 Å². The molecule has 1 aromatic heterocycles. The number of ether oxygens (including phenoxy) is 1. The summed E-state index contributed by atoms with van der Waals surface area (Å²) in [5.41, 5.74) is 4.59. The highest BCUT2D eigenvalue weighted by molar-refractivity contribution is 5.81. The Kier molecular flexibility index (Phi) is 8.05. The van der Waals surface area contributed by atoms with E-state index in [4.69, 9.17) is 4.74 Å². The number of rotatable bonds is 9. The van der Waals surface area contributed by atoms with Crippen LogP contribution in [0.15, 0.2) is 30.3 Å². The van der Waals surface area contributed by atoms with Gasteiger partial charge in [0.1, 0.15) is 0 Å². The molecule has 1 saturated heterocycles. The molecule has 0 radical (unpaired) electrons. The van der Waals surface area contributed by atoms with Crippen molar-refractivity contribution < 1.29 is 9.53 Å². The molecule has 1 aliphatic heterocycles. The zero-order valence-electron chi connectivity index (χ0n) is 18.9. The van der Waals surface area contributed by atoms with Crippen molar-refractivity contribution in [3.63, 3.8) is 0 Å². The molecule has 0 saturated carbocycles. The molecule has 6 nitrogen and oxygen atoms in total. The Morgan fingerprint density at radius 1 is 1.23 bits per heavy atom. The van der Waals surface area contributed by atoms with Gasteiger partial charge in [-0.1, -0.05) is 30.3 Å². The first kappa shape index (κ1) is 22.5. The average Bonchev–Trinajstić information content (AvgIpc) is 3.03. The molecule has 30 heavy (non-hydrogen) atoms. The summed E-state index contributed by atoms with van der Waals surface area (Å²) in [5, 5.41) is 7.71. The van der Waals surface area contributed by atoms with Crippen LogP contribution in [0.3, 0.4) is 0 Å². The van der Waals surface area contributed by atoms with Crippen LogP contribution in [0.25, 0.3) is 0 Å². The van der Waals surface area contributed by atoms with E-state index in [1.54, 1.807) is 7.11 Å². The lowest BCUT2D eigenvalue weighted by Crippen LogP contribution is -2.48. The van der Waals surface area contributed by atoms with Gasteiger partial charge in [-0.2, -0.15) is 5.10 Å². The van der Waals surface area contributed by atoms with Crippen molar-refractivity contribution in [3.8, 4) is 0 Å². The highest BCUT2D eigenvalue weighted by Gasteiger charge is 2.27. The van der Waals surface area contributed by atoms with Gasteiger partial charge < -0.3 is 10.1 Å². The van der Waals surface area contributed by atoms with Gasteiger partial charge in [-0.3, -0.25) is 14.4 Å². The zero-order valence-corrected chi connectivity index (χ0v) is 18.9. The molecule has 1 amide bonds. The number of carbonyl (C=O) groups excluding carboxylic acids is 1. The lowest BCUT2D eigenvalue weighted by atomic mass is 9.89. The van der Waals surface area contributed by atoms with E-state index in [-0.39, 0.29) is 11.9 Å². The Morgan fingerprint density at radius 2 is 1.93 bits per heavy atom. The second-order valence-electron chi connectivity index (χ2n) is 8.43. The molecule has 1 fully saturated rings. The third-order valence-electron chi connectivity index (χ3n) is 6.42. The minimum absolute atomic E-state index is 0.0972. The number of carbonyl (C=O) groups is 1. The maximum atomic E-state index is 12.8. The van der Waals surface area contributed by atoms with Gasteiger partial charge >= 0.3 is 0 Å². The molecule has 0 spiro atoms. The molecule has 1 aromatic carbocycles. The molecule has 0 aliphatic carbocycles. The smallest absolute Gasteiger partial charge is 0.237 e. The average molecular weight is 413 g/mol. The van der Waals surface area contributed by atoms with Crippen LogP contribution in [0.1, 0.15) is 42.3 Å². The number of piperidine rings is 1. The number of hydrogen-bond acceptors (Lipinski definition) is 4. The van der Waals surface area contributed by atoms with Crippen LogP contribution in [0, 0.1) is 19.8 Å². The third kappa shape index (κ3) is 5.70. The fraction of sp³-hybridized carbons (Fsp3) is 0.583. The van der Waals surface area contributed by atoms with Crippen LogP contribution in [0.2, 0.25) is 0 Å². The molecule has 2 aromatic rings. The maximum absolute atomic E-state index is 12.8. The Labute approximate surface area is 180 Å². The van der Waals surface area contributed by atoms with Crippen LogP contribution in [-0.4, -0.2) is 53.4 Å². The van der Waals surface area contributed by atoms with E-state index in [1.807, 2.05) is 18.5 Å². The van der Waals surface area contributed by atoms with Crippen LogP contribution < -0.4 is 5.32 Å². The minimum atomic E-state index is -0.105. The van der Waals surface area contributed by atoms with Crippen molar-refractivity contribution in [1.82, 2.24) is 20.0 Å². The van der Waals surface area contributed by atoms with Crippen molar-refractivity contribution >= 4 is 5.91 Å². The summed E-state index contributed by atoms with van der Waals surface area (Å²) in [6.07, 6.45) is 3.44. The molecule has 1 unspecified atom stereocenters. The summed E-state index contributed by atoms with van der Waals surface area (Å²) in [6.45, 7) is 9.93. The minimum Gasteiger partial charge on any atom is -0.383 e. The summed E-state index contributed by atoms with van der Waals surface area (Å²) < 4.78 is 7.11. The first-order valence-electron chi connectivity index (χ1n) is 11.1. The lowest BCUT2D eigenvalue weighted by Gasteiger charge is -2.35. The van der Waals surface area contributed by atoms with E-state index in [0.717, 1.165) is 55.8 Å². The SMILES string of the molecule is COCCn1nc(C)c(CNC(=O)C(C)N2CCC(Cc3ccccc3)CC2)c1C. The Bertz CT molecular complexity index is 810. The largest absolute Gasteiger partial charge is 0.383 e. The number of aryl methyl sites for hydroxylation is 1. The number of nitrogens with zero attached hydrogens (tertiary/aromatic N) is 3. The molecule has 164 valence electrons. The summed E-state index contributed by atoms with van der Waals surface area (Å²) in [4.78, 5) is 15.1. The first-order chi connectivity index (χ1) is 14.5. The second kappa shape index (κ2) is 10.7. The molecule has 6 heteroatoms. The van der Waals surface area contributed by atoms with E-state index >= 15 is 0 Å². The maximum Gasteiger partial charge on any atom is 0.237 e. The van der Waals surface area contributed by atoms with Crippen LogP contribution in [0.4, 0.5) is 0 Å². The summed E-state index contributed by atoms with van der Waals surface area (Å²) >= 11 is 0. The molecule has 0 bridgehead atoms. The Morgan fingerprint density at radius 3 is 2.60 bits per heavy atom. The van der Waals surface area contributed by atoms with Crippen LogP contribution in [-0.2, 0) is 29.0 Å². The van der Waals surface area contributed by atoms with E-state index in [2.05, 4.69) is 52.6 Å². The fourth-order valence-electron chi connectivity index (χ4n) is 4.37. The highest BCUT2D eigenvalue weighted by atomic mass is 16.5. The molecule has 1 N–H and O–H groups in total. The molecule has 3 rings (SSSR count). The monoisotopic (exact) mass is 412 g/mol. The van der Waals surface area contributed by atoms with Crippen LogP contribution in [0.5, 0.6) is 0 Å². The highest BCUT2D eigenvalue weighted by Crippen LogP contribution is 2.23. The summed E-state index contributed by atoms with van der Waals surface area (Å²) in [7, 11) is 1.69. The predicted molar refractivity (Wildman–Crippen MR) is 119 cm³/mol. The van der Waals surface area contributed by atoms with E-state index in [0.29, 0.717) is 19.1 Å². The first-order valence-corrected chi connectivity index (χ1v) is 11.1. The lowest BCUT2D eigenvalue weighted by molar-refractivity contribution is -0.126. The number of likely N-dealkylation sites (tertiary alicyclic amines) is 1. The van der Waals surface area contributed by atoms with Gasteiger partial charge in [0.2, 0.25) is 5.91 Å². The zero-order chi connectivity index (χ0) is 21.5. The number of hydrogen-bond donors (Lipinski definition) is 1. The van der Waals surface area contributed by atoms with Crippen molar-refractivity contribution in [2.75, 3.05) is 26.8 Å². The van der Waals surface area contributed by atoms with Gasteiger partial charge in [-0.05, 0) is 64.6 Å². The predicted octanol–water partition coefficient (Wildman–Crippen LogP) is 3.11. The molecular weight excluding hydrogens is 376 g/mol. The number of amides is 1. The van der Waals surface area contributed by atoms with Crippen LogP contribution >= 0.6 is 0 Å². The van der Waals surface area contributed by atoms with E-state index < -0.39 is 0 Å². The van der Waals surface area contributed by atoms with Gasteiger partial charge in [-0.25, -0.2) is 0 Å². The van der Waals surface area contributed by atoms with Crippen molar-refractivity contribution in [2.24, 2.45) is 5.92 Å². The topological polar surface area (TPSA) is 59.4 Å². The standard InChI is InChI=1S/C24H36N4O2/c1-18-23(19(2)28(26-18)14-15-30-4)17-25-24(29)20(3)27-12-10-22(11-13-27)16-21-8-6-5-7-9-21/h5-9,20,22H,10-17H2,1-4H3,(H,25,29). The van der Waals surface area contributed by atoms with Gasteiger partial charge in [0, 0.05) is 24.9 Å². The van der Waals surface area contributed by atoms with Gasteiger partial charge in [0.25, 0.3) is 0 Å². The number of nitrogens with one attached hydrogen (secondary N) is 1. The number of methoxy groups -OCH3 is 1. The molecule has 1 atom stereocenters. The summed E-state index contributed by atoms with van der Waals surface area (Å²) in [5.74, 6) is 0.808.